The monoisotopic (exact) mass is 370 g/mol. The number of carbonyl (C=O) groups is 1. The maximum absolute atomic E-state index is 12.3. The van der Waals surface area contributed by atoms with E-state index in [1.165, 1.54) is 13.2 Å². The number of aromatic nitrogens is 3. The van der Waals surface area contributed by atoms with E-state index in [-0.39, 0.29) is 23.5 Å². The number of carbonyl (C=O) groups excluding carboxylic acids is 1. The molecule has 9 heteroatoms. The van der Waals surface area contributed by atoms with Gasteiger partial charge in [-0.25, -0.2) is 4.98 Å². The van der Waals surface area contributed by atoms with Crippen LogP contribution in [0.5, 0.6) is 6.01 Å². The first-order valence-electron chi connectivity index (χ1n) is 8.52. The van der Waals surface area contributed by atoms with E-state index in [1.54, 1.807) is 35.5 Å². The fourth-order valence-electron chi connectivity index (χ4n) is 2.83. The SMILES string of the molecule is COc1nccc(-c2c[nH]c(=O)c(N(C)C3CN(C(=O)C=CCN)C3)c2)n1. The Balaban J connectivity index is 1.76. The minimum atomic E-state index is -0.199. The fourth-order valence-corrected chi connectivity index (χ4v) is 2.83. The number of ether oxygens (including phenoxy) is 1. The van der Waals surface area contributed by atoms with Crippen LogP contribution in [-0.2, 0) is 4.79 Å². The molecule has 3 heterocycles. The molecule has 0 aromatic carbocycles. The zero-order chi connectivity index (χ0) is 19.4. The maximum atomic E-state index is 12.3. The molecule has 1 fully saturated rings. The van der Waals surface area contributed by atoms with E-state index in [4.69, 9.17) is 10.5 Å². The normalized spacial score (nSPS) is 14.3. The summed E-state index contributed by atoms with van der Waals surface area (Å²) in [6.07, 6.45) is 6.31. The number of aromatic amines is 1. The van der Waals surface area contributed by atoms with Crippen LogP contribution in [0.15, 0.2) is 41.5 Å². The number of hydrogen-bond acceptors (Lipinski definition) is 7. The van der Waals surface area contributed by atoms with Crippen LogP contribution in [0.25, 0.3) is 11.3 Å². The van der Waals surface area contributed by atoms with Crippen LogP contribution >= 0.6 is 0 Å². The van der Waals surface area contributed by atoms with Crippen LogP contribution in [0.1, 0.15) is 0 Å². The van der Waals surface area contributed by atoms with Crippen molar-refractivity contribution in [2.75, 3.05) is 38.7 Å². The minimum absolute atomic E-state index is 0.0662. The number of likely N-dealkylation sites (N-methyl/N-ethyl adjacent to an activating group) is 1. The van der Waals surface area contributed by atoms with Gasteiger partial charge in [-0.3, -0.25) is 9.59 Å². The van der Waals surface area contributed by atoms with Gasteiger partial charge in [-0.05, 0) is 12.1 Å². The number of anilines is 1. The quantitative estimate of drug-likeness (QED) is 0.687. The van der Waals surface area contributed by atoms with Crippen molar-refractivity contribution in [1.82, 2.24) is 19.9 Å². The van der Waals surface area contributed by atoms with Gasteiger partial charge >= 0.3 is 6.01 Å². The first kappa shape index (κ1) is 18.6. The van der Waals surface area contributed by atoms with E-state index in [0.717, 1.165) is 5.56 Å². The van der Waals surface area contributed by atoms with Crippen molar-refractivity contribution in [2.45, 2.75) is 6.04 Å². The van der Waals surface area contributed by atoms with Gasteiger partial charge in [0.25, 0.3) is 5.56 Å². The molecule has 1 aliphatic rings. The molecule has 2 aromatic heterocycles. The second-order valence-electron chi connectivity index (χ2n) is 6.18. The summed E-state index contributed by atoms with van der Waals surface area (Å²) < 4.78 is 5.05. The molecule has 142 valence electrons. The number of pyridine rings is 1. The summed E-state index contributed by atoms with van der Waals surface area (Å²) in [6.45, 7) is 1.43. The second kappa shape index (κ2) is 8.00. The van der Waals surface area contributed by atoms with E-state index < -0.39 is 0 Å². The van der Waals surface area contributed by atoms with E-state index in [1.807, 2.05) is 11.9 Å². The van der Waals surface area contributed by atoms with E-state index in [9.17, 15) is 9.59 Å². The maximum Gasteiger partial charge on any atom is 0.316 e. The number of H-pyrrole nitrogens is 1. The van der Waals surface area contributed by atoms with Crippen LogP contribution in [0, 0.1) is 0 Å². The van der Waals surface area contributed by atoms with Crippen LogP contribution in [0.2, 0.25) is 0 Å². The van der Waals surface area contributed by atoms with Gasteiger partial charge in [-0.15, -0.1) is 0 Å². The van der Waals surface area contributed by atoms with Gasteiger partial charge in [-0.1, -0.05) is 6.08 Å². The predicted octanol–water partition coefficient (Wildman–Crippen LogP) is 0.00240. The highest BCUT2D eigenvalue weighted by molar-refractivity contribution is 5.88. The lowest BCUT2D eigenvalue weighted by molar-refractivity contribution is -0.130. The molecule has 0 atom stereocenters. The standard InChI is InChI=1S/C18H22N6O3/c1-23(13-10-24(11-13)16(25)4-3-6-19)15-8-12(9-21-17(15)26)14-5-7-20-18(22-14)27-2/h3-5,7-9,13H,6,10-11,19H2,1-2H3,(H,21,26). The van der Waals surface area contributed by atoms with Gasteiger partial charge in [0.15, 0.2) is 0 Å². The number of hydrogen-bond donors (Lipinski definition) is 2. The first-order chi connectivity index (χ1) is 13.0. The molecule has 0 aliphatic carbocycles. The molecule has 0 bridgehead atoms. The predicted molar refractivity (Wildman–Crippen MR) is 102 cm³/mol. The van der Waals surface area contributed by atoms with Crippen LogP contribution in [-0.4, -0.2) is 65.6 Å². The van der Waals surface area contributed by atoms with Crippen molar-refractivity contribution in [3.63, 3.8) is 0 Å². The Bertz CT molecular complexity index is 904. The summed E-state index contributed by atoms with van der Waals surface area (Å²) in [5, 5.41) is 0. The van der Waals surface area contributed by atoms with Gasteiger partial charge in [-0.2, -0.15) is 4.98 Å². The molecular weight excluding hydrogens is 348 g/mol. The van der Waals surface area contributed by atoms with Gasteiger partial charge in [0, 0.05) is 50.7 Å². The molecule has 0 saturated carbocycles. The fraction of sp³-hybridized carbons (Fsp3) is 0.333. The van der Waals surface area contributed by atoms with Gasteiger partial charge < -0.3 is 25.3 Å². The third-order valence-electron chi connectivity index (χ3n) is 4.49. The molecule has 1 saturated heterocycles. The molecule has 0 radical (unpaired) electrons. The number of likely N-dealkylation sites (tertiary alicyclic amines) is 1. The molecule has 27 heavy (non-hydrogen) atoms. The minimum Gasteiger partial charge on any atom is -0.467 e. The topological polar surface area (TPSA) is 117 Å². The summed E-state index contributed by atoms with van der Waals surface area (Å²) >= 11 is 0. The molecule has 3 rings (SSSR count). The molecule has 3 N–H and O–H groups in total. The van der Waals surface area contributed by atoms with Crippen molar-refractivity contribution in [3.05, 3.63) is 47.0 Å². The Labute approximate surface area is 156 Å². The summed E-state index contributed by atoms with van der Waals surface area (Å²) in [5.74, 6) is -0.0687. The number of nitrogens with one attached hydrogen (secondary N) is 1. The second-order valence-corrected chi connectivity index (χ2v) is 6.18. The summed E-state index contributed by atoms with van der Waals surface area (Å²) in [5.41, 5.74) is 7.07. The first-order valence-corrected chi connectivity index (χ1v) is 8.52. The largest absolute Gasteiger partial charge is 0.467 e. The Morgan fingerprint density at radius 1 is 1.52 bits per heavy atom. The Kier molecular flexibility index (Phi) is 5.51. The number of amides is 1. The highest BCUT2D eigenvalue weighted by Gasteiger charge is 2.33. The van der Waals surface area contributed by atoms with Crippen molar-refractivity contribution in [1.29, 1.82) is 0 Å². The third kappa shape index (κ3) is 3.98. The average molecular weight is 370 g/mol. The lowest BCUT2D eigenvalue weighted by Gasteiger charge is -2.44. The molecule has 0 spiro atoms. The lowest BCUT2D eigenvalue weighted by Crippen LogP contribution is -2.60. The van der Waals surface area contributed by atoms with Crippen molar-refractivity contribution >= 4 is 11.6 Å². The average Bonchev–Trinajstić information content (AvgIpc) is 2.65. The van der Waals surface area contributed by atoms with E-state index >= 15 is 0 Å². The van der Waals surface area contributed by atoms with Crippen molar-refractivity contribution in [2.24, 2.45) is 5.73 Å². The van der Waals surface area contributed by atoms with Gasteiger partial charge in [0.1, 0.15) is 5.69 Å². The molecule has 1 amide bonds. The van der Waals surface area contributed by atoms with Crippen LogP contribution in [0.3, 0.4) is 0 Å². The van der Waals surface area contributed by atoms with E-state index in [2.05, 4.69) is 15.0 Å². The smallest absolute Gasteiger partial charge is 0.316 e. The summed E-state index contributed by atoms with van der Waals surface area (Å²) in [7, 11) is 3.34. The molecule has 0 unspecified atom stereocenters. The van der Waals surface area contributed by atoms with Crippen molar-refractivity contribution in [3.8, 4) is 17.3 Å². The number of rotatable bonds is 6. The third-order valence-corrected chi connectivity index (χ3v) is 4.49. The van der Waals surface area contributed by atoms with E-state index in [0.29, 0.717) is 31.0 Å². The highest BCUT2D eigenvalue weighted by Crippen LogP contribution is 2.23. The number of methoxy groups -OCH3 is 1. The summed E-state index contributed by atoms with van der Waals surface area (Å²) in [4.78, 5) is 38.9. The molecular formula is C18H22N6O3. The van der Waals surface area contributed by atoms with Gasteiger partial charge in [0.05, 0.1) is 18.8 Å². The zero-order valence-corrected chi connectivity index (χ0v) is 15.3. The number of nitrogens with two attached hydrogens (primary N) is 1. The molecule has 9 nitrogen and oxygen atoms in total. The van der Waals surface area contributed by atoms with Crippen LogP contribution < -0.4 is 20.9 Å². The zero-order valence-electron chi connectivity index (χ0n) is 15.3. The van der Waals surface area contributed by atoms with Crippen molar-refractivity contribution < 1.29 is 9.53 Å². The Morgan fingerprint density at radius 2 is 2.30 bits per heavy atom. The Hall–Kier alpha value is -3.20. The number of nitrogens with zero attached hydrogens (tertiary/aromatic N) is 4. The van der Waals surface area contributed by atoms with Crippen LogP contribution in [0.4, 0.5) is 5.69 Å². The molecule has 2 aromatic rings. The summed E-state index contributed by atoms with van der Waals surface area (Å²) in [6, 6.07) is 3.84. The Morgan fingerprint density at radius 3 is 3.00 bits per heavy atom. The lowest BCUT2D eigenvalue weighted by atomic mass is 10.1. The molecule has 1 aliphatic heterocycles. The highest BCUT2D eigenvalue weighted by atomic mass is 16.5. The van der Waals surface area contributed by atoms with Gasteiger partial charge in [0.2, 0.25) is 5.91 Å².